The zero-order valence-corrected chi connectivity index (χ0v) is 12.8. The van der Waals surface area contributed by atoms with E-state index < -0.39 is 0 Å². The van der Waals surface area contributed by atoms with E-state index in [2.05, 4.69) is 39.1 Å². The molecule has 0 aliphatic carbocycles. The summed E-state index contributed by atoms with van der Waals surface area (Å²) in [5.41, 5.74) is 0.964. The molecule has 1 heterocycles. The molecule has 1 unspecified atom stereocenters. The molecule has 0 saturated carbocycles. The van der Waals surface area contributed by atoms with Crippen molar-refractivity contribution in [3.05, 3.63) is 35.0 Å². The summed E-state index contributed by atoms with van der Waals surface area (Å²) in [6.45, 7) is 9.71. The van der Waals surface area contributed by atoms with E-state index in [-0.39, 0.29) is 5.54 Å². The maximum atomic E-state index is 6.13. The van der Waals surface area contributed by atoms with E-state index >= 15 is 0 Å². The number of halogens is 1. The van der Waals surface area contributed by atoms with Gasteiger partial charge in [-0.2, -0.15) is 0 Å². The third kappa shape index (κ3) is 3.74. The van der Waals surface area contributed by atoms with Gasteiger partial charge in [0.05, 0.1) is 5.02 Å². The molecule has 0 spiro atoms. The van der Waals surface area contributed by atoms with E-state index in [0.29, 0.717) is 10.9 Å². The number of hydrogen-bond acceptors (Lipinski definition) is 2. The minimum Gasteiger partial charge on any atom is -0.459 e. The second-order valence-corrected chi connectivity index (χ2v) is 6.58. The Morgan fingerprint density at radius 2 is 2.05 bits per heavy atom. The molecule has 0 aliphatic rings. The van der Waals surface area contributed by atoms with E-state index in [9.17, 15) is 0 Å². The Bertz CT molecular complexity index is 553. The molecular weight excluding hydrogens is 258 g/mol. The predicted molar refractivity (Wildman–Crippen MR) is 82.0 cm³/mol. The lowest BCUT2D eigenvalue weighted by molar-refractivity contribution is 0.401. The van der Waals surface area contributed by atoms with Crippen LogP contribution < -0.4 is 5.32 Å². The smallest absolute Gasteiger partial charge is 0.152 e. The van der Waals surface area contributed by atoms with Gasteiger partial charge >= 0.3 is 0 Å². The van der Waals surface area contributed by atoms with Crippen molar-refractivity contribution in [3.63, 3.8) is 0 Å². The Balaban J connectivity index is 2.05. The Morgan fingerprint density at radius 1 is 1.32 bits per heavy atom. The van der Waals surface area contributed by atoms with Gasteiger partial charge in [-0.15, -0.1) is 0 Å². The van der Waals surface area contributed by atoms with Gasteiger partial charge in [0.15, 0.2) is 5.58 Å². The maximum absolute atomic E-state index is 6.13. The number of benzene rings is 1. The molecule has 19 heavy (non-hydrogen) atoms. The summed E-state index contributed by atoms with van der Waals surface area (Å²) in [6.07, 6.45) is 1.05. The first-order chi connectivity index (χ1) is 8.87. The highest BCUT2D eigenvalue weighted by Gasteiger charge is 2.14. The molecule has 1 atom stereocenters. The number of hydrogen-bond donors (Lipinski definition) is 1. The lowest BCUT2D eigenvalue weighted by atomic mass is 10.0. The van der Waals surface area contributed by atoms with E-state index in [1.807, 2.05) is 18.2 Å². The summed E-state index contributed by atoms with van der Waals surface area (Å²) >= 11 is 6.13. The Kier molecular flexibility index (Phi) is 4.22. The van der Waals surface area contributed by atoms with Crippen molar-refractivity contribution in [3.8, 4) is 0 Å². The summed E-state index contributed by atoms with van der Waals surface area (Å²) in [5.74, 6) is 1.40. The predicted octanol–water partition coefficient (Wildman–Crippen LogP) is 4.97. The van der Waals surface area contributed by atoms with Gasteiger partial charge in [-0.3, -0.25) is 0 Å². The van der Waals surface area contributed by atoms with Gasteiger partial charge in [0.2, 0.25) is 0 Å². The van der Waals surface area contributed by atoms with Crippen molar-refractivity contribution in [2.24, 2.45) is 0 Å². The average molecular weight is 280 g/mol. The number of rotatable bonds is 4. The fourth-order valence-electron chi connectivity index (χ4n) is 2.10. The van der Waals surface area contributed by atoms with Gasteiger partial charge in [-0.1, -0.05) is 30.7 Å². The van der Waals surface area contributed by atoms with Crippen LogP contribution >= 0.6 is 11.6 Å². The molecule has 1 aromatic carbocycles. The maximum Gasteiger partial charge on any atom is 0.152 e. The van der Waals surface area contributed by atoms with E-state index in [1.165, 1.54) is 0 Å². The molecule has 2 aromatic rings. The lowest BCUT2D eigenvalue weighted by Gasteiger charge is -2.21. The van der Waals surface area contributed by atoms with Crippen LogP contribution in [-0.2, 0) is 0 Å². The largest absolute Gasteiger partial charge is 0.459 e. The minimum atomic E-state index is 0.164. The molecule has 0 saturated heterocycles. The normalized spacial score (nSPS) is 13.9. The summed E-state index contributed by atoms with van der Waals surface area (Å²) in [7, 11) is 0. The van der Waals surface area contributed by atoms with Crippen molar-refractivity contribution in [1.29, 1.82) is 0 Å². The summed E-state index contributed by atoms with van der Waals surface area (Å²) < 4.78 is 5.88. The quantitative estimate of drug-likeness (QED) is 0.855. The molecule has 1 N–H and O–H groups in total. The van der Waals surface area contributed by atoms with Gasteiger partial charge in [-0.25, -0.2) is 0 Å². The summed E-state index contributed by atoms with van der Waals surface area (Å²) in [5, 5.41) is 5.27. The van der Waals surface area contributed by atoms with Crippen LogP contribution in [0.1, 0.15) is 45.8 Å². The molecule has 0 aliphatic heterocycles. The van der Waals surface area contributed by atoms with Crippen molar-refractivity contribution in [1.82, 2.24) is 5.32 Å². The van der Waals surface area contributed by atoms with E-state index in [0.717, 1.165) is 29.7 Å². The van der Waals surface area contributed by atoms with Crippen LogP contribution in [0.15, 0.2) is 28.7 Å². The number of nitrogens with one attached hydrogen (secondary N) is 1. The van der Waals surface area contributed by atoms with Gasteiger partial charge < -0.3 is 9.73 Å². The van der Waals surface area contributed by atoms with Crippen LogP contribution in [0.25, 0.3) is 11.0 Å². The van der Waals surface area contributed by atoms with E-state index in [1.54, 1.807) is 0 Å². The molecule has 0 amide bonds. The Morgan fingerprint density at radius 3 is 2.68 bits per heavy atom. The molecule has 0 fully saturated rings. The lowest BCUT2D eigenvalue weighted by Crippen LogP contribution is -2.36. The monoisotopic (exact) mass is 279 g/mol. The fourth-order valence-corrected chi connectivity index (χ4v) is 2.32. The molecule has 104 valence electrons. The van der Waals surface area contributed by atoms with Crippen LogP contribution in [0.5, 0.6) is 0 Å². The van der Waals surface area contributed by atoms with Crippen LogP contribution in [0.4, 0.5) is 0 Å². The SMILES string of the molecule is CC(CCNC(C)(C)C)c1cc2cccc(Cl)c2o1. The third-order valence-corrected chi connectivity index (χ3v) is 3.53. The fraction of sp³-hybridized carbons (Fsp3) is 0.500. The van der Waals surface area contributed by atoms with Crippen molar-refractivity contribution < 1.29 is 4.42 Å². The first-order valence-corrected chi connectivity index (χ1v) is 7.17. The summed E-state index contributed by atoms with van der Waals surface area (Å²) in [4.78, 5) is 0. The molecule has 2 rings (SSSR count). The molecule has 1 aromatic heterocycles. The van der Waals surface area contributed by atoms with Gasteiger partial charge in [-0.05, 0) is 45.9 Å². The standard InChI is InChI=1S/C16H22ClNO/c1-11(8-9-18-16(2,3)4)14-10-12-6-5-7-13(17)15(12)19-14/h5-7,10-11,18H,8-9H2,1-4H3. The molecular formula is C16H22ClNO. The van der Waals surface area contributed by atoms with Crippen LogP contribution in [0.3, 0.4) is 0 Å². The first-order valence-electron chi connectivity index (χ1n) is 6.80. The number of para-hydroxylation sites is 1. The number of fused-ring (bicyclic) bond motifs is 1. The highest BCUT2D eigenvalue weighted by molar-refractivity contribution is 6.34. The van der Waals surface area contributed by atoms with E-state index in [4.69, 9.17) is 16.0 Å². The molecule has 3 heteroatoms. The zero-order valence-electron chi connectivity index (χ0n) is 12.1. The van der Waals surface area contributed by atoms with Gasteiger partial charge in [0, 0.05) is 16.8 Å². The topological polar surface area (TPSA) is 25.2 Å². The highest BCUT2D eigenvalue weighted by atomic mass is 35.5. The van der Waals surface area contributed by atoms with Crippen LogP contribution in [0, 0.1) is 0 Å². The average Bonchev–Trinajstić information content (AvgIpc) is 2.72. The zero-order chi connectivity index (χ0) is 14.0. The molecule has 0 bridgehead atoms. The number of furan rings is 1. The Hall–Kier alpha value is -0.990. The van der Waals surface area contributed by atoms with Crippen LogP contribution in [0.2, 0.25) is 5.02 Å². The minimum absolute atomic E-state index is 0.164. The van der Waals surface area contributed by atoms with Crippen molar-refractivity contribution >= 4 is 22.6 Å². The van der Waals surface area contributed by atoms with Crippen molar-refractivity contribution in [2.75, 3.05) is 6.54 Å². The van der Waals surface area contributed by atoms with Gasteiger partial charge in [0.1, 0.15) is 5.76 Å². The van der Waals surface area contributed by atoms with Gasteiger partial charge in [0.25, 0.3) is 0 Å². The highest BCUT2D eigenvalue weighted by Crippen LogP contribution is 2.31. The summed E-state index contributed by atoms with van der Waals surface area (Å²) in [6, 6.07) is 7.95. The second-order valence-electron chi connectivity index (χ2n) is 6.17. The first kappa shape index (κ1) is 14.4. The second kappa shape index (κ2) is 5.56. The Labute approximate surface area is 120 Å². The van der Waals surface area contributed by atoms with Crippen LogP contribution in [-0.4, -0.2) is 12.1 Å². The third-order valence-electron chi connectivity index (χ3n) is 3.23. The molecule has 0 radical (unpaired) electrons. The molecule has 2 nitrogen and oxygen atoms in total. The van der Waals surface area contributed by atoms with Crippen molar-refractivity contribution in [2.45, 2.75) is 45.6 Å².